The van der Waals surface area contributed by atoms with Crippen molar-refractivity contribution in [2.45, 2.75) is 44.7 Å². The molecule has 0 aromatic heterocycles. The lowest BCUT2D eigenvalue weighted by Crippen LogP contribution is -2.52. The molecule has 1 aliphatic heterocycles. The average molecular weight is 302 g/mol. The van der Waals surface area contributed by atoms with E-state index in [2.05, 4.69) is 17.0 Å². The summed E-state index contributed by atoms with van der Waals surface area (Å²) in [7, 11) is 1.68. The SMILES string of the molecule is COc1ccc([C@@H]2CN(C3CCCC3)CCN2C(C)=O)cc1. The molecule has 1 aromatic carbocycles. The van der Waals surface area contributed by atoms with Crippen molar-refractivity contribution in [1.29, 1.82) is 0 Å². The first-order valence-corrected chi connectivity index (χ1v) is 8.34. The van der Waals surface area contributed by atoms with Gasteiger partial charge in [0.25, 0.3) is 0 Å². The first-order valence-electron chi connectivity index (χ1n) is 8.34. The Kier molecular flexibility index (Phi) is 4.67. The molecule has 1 amide bonds. The average Bonchev–Trinajstić information content (AvgIpc) is 3.09. The molecule has 1 aliphatic carbocycles. The zero-order valence-corrected chi connectivity index (χ0v) is 13.6. The van der Waals surface area contributed by atoms with Gasteiger partial charge < -0.3 is 9.64 Å². The Morgan fingerprint density at radius 3 is 2.41 bits per heavy atom. The lowest BCUT2D eigenvalue weighted by Gasteiger charge is -2.43. The zero-order valence-electron chi connectivity index (χ0n) is 13.6. The zero-order chi connectivity index (χ0) is 15.5. The van der Waals surface area contributed by atoms with Crippen molar-refractivity contribution in [2.24, 2.45) is 0 Å². The van der Waals surface area contributed by atoms with Gasteiger partial charge in [-0.05, 0) is 30.5 Å². The highest BCUT2D eigenvalue weighted by atomic mass is 16.5. The number of ether oxygens (including phenoxy) is 1. The summed E-state index contributed by atoms with van der Waals surface area (Å²) in [6.45, 7) is 4.48. The van der Waals surface area contributed by atoms with E-state index in [1.165, 1.54) is 31.2 Å². The van der Waals surface area contributed by atoms with Crippen LogP contribution in [0.15, 0.2) is 24.3 Å². The number of amides is 1. The number of methoxy groups -OCH3 is 1. The molecule has 4 nitrogen and oxygen atoms in total. The van der Waals surface area contributed by atoms with Gasteiger partial charge in [0.05, 0.1) is 13.2 Å². The topological polar surface area (TPSA) is 32.8 Å². The molecule has 1 aromatic rings. The Bertz CT molecular complexity index is 508. The monoisotopic (exact) mass is 302 g/mol. The van der Waals surface area contributed by atoms with E-state index in [0.29, 0.717) is 0 Å². The summed E-state index contributed by atoms with van der Waals surface area (Å²) < 4.78 is 5.24. The molecule has 0 bridgehead atoms. The van der Waals surface area contributed by atoms with E-state index >= 15 is 0 Å². The van der Waals surface area contributed by atoms with Crippen molar-refractivity contribution < 1.29 is 9.53 Å². The maximum atomic E-state index is 12.0. The molecule has 0 N–H and O–H groups in total. The minimum Gasteiger partial charge on any atom is -0.497 e. The Balaban J connectivity index is 1.79. The van der Waals surface area contributed by atoms with Crippen molar-refractivity contribution >= 4 is 5.91 Å². The van der Waals surface area contributed by atoms with Crippen molar-refractivity contribution in [3.05, 3.63) is 29.8 Å². The third-order valence-electron chi connectivity index (χ3n) is 5.16. The number of benzene rings is 1. The first kappa shape index (κ1) is 15.3. The van der Waals surface area contributed by atoms with Gasteiger partial charge in [-0.3, -0.25) is 9.69 Å². The van der Waals surface area contributed by atoms with Gasteiger partial charge in [0, 0.05) is 32.6 Å². The molecule has 22 heavy (non-hydrogen) atoms. The third kappa shape index (κ3) is 3.12. The molecule has 0 radical (unpaired) electrons. The van der Waals surface area contributed by atoms with Crippen LogP contribution in [0.3, 0.4) is 0 Å². The van der Waals surface area contributed by atoms with Crippen LogP contribution in [0.4, 0.5) is 0 Å². The van der Waals surface area contributed by atoms with Crippen LogP contribution in [0.25, 0.3) is 0 Å². The molecule has 1 saturated heterocycles. The van der Waals surface area contributed by atoms with Crippen molar-refractivity contribution in [1.82, 2.24) is 9.80 Å². The van der Waals surface area contributed by atoms with Crippen LogP contribution >= 0.6 is 0 Å². The quantitative estimate of drug-likeness (QED) is 0.861. The van der Waals surface area contributed by atoms with E-state index in [-0.39, 0.29) is 11.9 Å². The van der Waals surface area contributed by atoms with Gasteiger partial charge in [-0.2, -0.15) is 0 Å². The Labute approximate surface area is 133 Å². The van der Waals surface area contributed by atoms with Crippen LogP contribution < -0.4 is 4.74 Å². The molecule has 120 valence electrons. The standard InChI is InChI=1S/C18H26N2O2/c1-14(21)20-12-11-19(16-5-3-4-6-16)13-18(20)15-7-9-17(22-2)10-8-15/h7-10,16,18H,3-6,11-13H2,1-2H3/t18-/m0/s1. The molecular weight excluding hydrogens is 276 g/mol. The first-order chi connectivity index (χ1) is 10.7. The molecular formula is C18H26N2O2. The van der Waals surface area contributed by atoms with Crippen LogP contribution in [0.1, 0.15) is 44.2 Å². The molecule has 4 heteroatoms. The maximum Gasteiger partial charge on any atom is 0.220 e. The normalized spacial score (nSPS) is 23.7. The van der Waals surface area contributed by atoms with Gasteiger partial charge in [-0.1, -0.05) is 25.0 Å². The summed E-state index contributed by atoms with van der Waals surface area (Å²) in [5.41, 5.74) is 1.21. The predicted octanol–water partition coefficient (Wildman–Crippen LogP) is 2.84. The van der Waals surface area contributed by atoms with E-state index in [0.717, 1.165) is 31.4 Å². The lowest BCUT2D eigenvalue weighted by atomic mass is 10.0. The highest BCUT2D eigenvalue weighted by Crippen LogP contribution is 2.31. The molecule has 2 aliphatic rings. The minimum absolute atomic E-state index is 0.165. The van der Waals surface area contributed by atoms with Crippen LogP contribution in [0.2, 0.25) is 0 Å². The Hall–Kier alpha value is -1.55. The van der Waals surface area contributed by atoms with Gasteiger partial charge in [0.2, 0.25) is 5.91 Å². The molecule has 3 rings (SSSR count). The number of rotatable bonds is 3. The second kappa shape index (κ2) is 6.69. The van der Waals surface area contributed by atoms with Crippen molar-refractivity contribution in [2.75, 3.05) is 26.7 Å². The third-order valence-corrected chi connectivity index (χ3v) is 5.16. The Morgan fingerprint density at radius 1 is 1.14 bits per heavy atom. The summed E-state index contributed by atoms with van der Waals surface area (Å²) in [5.74, 6) is 1.04. The molecule has 0 spiro atoms. The minimum atomic E-state index is 0.165. The van der Waals surface area contributed by atoms with Crippen molar-refractivity contribution in [3.63, 3.8) is 0 Å². The molecule has 1 heterocycles. The molecule has 1 saturated carbocycles. The summed E-state index contributed by atoms with van der Waals surface area (Å²) in [4.78, 5) is 16.6. The largest absolute Gasteiger partial charge is 0.497 e. The molecule has 2 fully saturated rings. The fourth-order valence-corrected chi connectivity index (χ4v) is 3.89. The van der Waals surface area contributed by atoms with E-state index in [1.807, 2.05) is 17.0 Å². The highest BCUT2D eigenvalue weighted by molar-refractivity contribution is 5.74. The number of hydrogen-bond acceptors (Lipinski definition) is 3. The number of carbonyl (C=O) groups excluding carboxylic acids is 1. The van der Waals surface area contributed by atoms with E-state index in [9.17, 15) is 4.79 Å². The second-order valence-electron chi connectivity index (χ2n) is 6.43. The molecule has 1 atom stereocenters. The van der Waals surface area contributed by atoms with Gasteiger partial charge in [0.1, 0.15) is 5.75 Å². The van der Waals surface area contributed by atoms with E-state index in [4.69, 9.17) is 4.74 Å². The fraction of sp³-hybridized carbons (Fsp3) is 0.611. The van der Waals surface area contributed by atoms with Crippen LogP contribution in [-0.2, 0) is 4.79 Å². The van der Waals surface area contributed by atoms with E-state index in [1.54, 1.807) is 14.0 Å². The summed E-state index contributed by atoms with van der Waals surface area (Å²) in [6, 6.07) is 9.05. The van der Waals surface area contributed by atoms with Gasteiger partial charge in [-0.15, -0.1) is 0 Å². The van der Waals surface area contributed by atoms with Crippen LogP contribution in [0, 0.1) is 0 Å². The summed E-state index contributed by atoms with van der Waals surface area (Å²) >= 11 is 0. The van der Waals surface area contributed by atoms with Crippen molar-refractivity contribution in [3.8, 4) is 5.75 Å². The van der Waals surface area contributed by atoms with Crippen LogP contribution in [0.5, 0.6) is 5.75 Å². The Morgan fingerprint density at radius 2 is 1.82 bits per heavy atom. The second-order valence-corrected chi connectivity index (χ2v) is 6.43. The van der Waals surface area contributed by atoms with Crippen LogP contribution in [-0.4, -0.2) is 48.5 Å². The highest BCUT2D eigenvalue weighted by Gasteiger charge is 2.33. The fourth-order valence-electron chi connectivity index (χ4n) is 3.89. The lowest BCUT2D eigenvalue weighted by molar-refractivity contribution is -0.134. The predicted molar refractivity (Wildman–Crippen MR) is 87.0 cm³/mol. The number of nitrogens with zero attached hydrogens (tertiary/aromatic N) is 2. The smallest absolute Gasteiger partial charge is 0.220 e. The summed E-state index contributed by atoms with van der Waals surface area (Å²) in [5, 5.41) is 0. The summed E-state index contributed by atoms with van der Waals surface area (Å²) in [6.07, 6.45) is 5.33. The molecule has 0 unspecified atom stereocenters. The van der Waals surface area contributed by atoms with Gasteiger partial charge in [-0.25, -0.2) is 0 Å². The number of piperazine rings is 1. The number of hydrogen-bond donors (Lipinski definition) is 0. The number of carbonyl (C=O) groups is 1. The van der Waals surface area contributed by atoms with E-state index < -0.39 is 0 Å². The van der Waals surface area contributed by atoms with Gasteiger partial charge in [0.15, 0.2) is 0 Å². The maximum absolute atomic E-state index is 12.0. The van der Waals surface area contributed by atoms with Gasteiger partial charge >= 0.3 is 0 Å².